The molecule has 0 bridgehead atoms. The van der Waals surface area contributed by atoms with Gasteiger partial charge >= 0.3 is 5.97 Å². The quantitative estimate of drug-likeness (QED) is 0.503. The van der Waals surface area contributed by atoms with Crippen LogP contribution in [0.3, 0.4) is 0 Å². The van der Waals surface area contributed by atoms with E-state index in [1.54, 1.807) is 13.8 Å². The van der Waals surface area contributed by atoms with Crippen molar-refractivity contribution in [3.8, 4) is 0 Å². The van der Waals surface area contributed by atoms with Crippen LogP contribution in [0.15, 0.2) is 12.3 Å². The minimum atomic E-state index is -1.46. The highest BCUT2D eigenvalue weighted by Crippen LogP contribution is 2.20. The minimum Gasteiger partial charge on any atom is -0.480 e. The van der Waals surface area contributed by atoms with Crippen molar-refractivity contribution in [3.05, 3.63) is 28.1 Å². The summed E-state index contributed by atoms with van der Waals surface area (Å²) in [7, 11) is 0. The Kier molecular flexibility index (Phi) is 4.81. The third-order valence-electron chi connectivity index (χ3n) is 2.62. The number of aliphatic carboxylic acids is 1. The Balaban J connectivity index is 3.08. The molecule has 20 heavy (non-hydrogen) atoms. The number of carboxylic acids is 1. The number of carbonyl (C=O) groups is 2. The maximum Gasteiger partial charge on any atom is 0.328 e. The van der Waals surface area contributed by atoms with E-state index in [0.717, 1.165) is 6.07 Å². The number of nitrogens with one attached hydrogen (secondary N) is 1. The van der Waals surface area contributed by atoms with Gasteiger partial charge in [-0.25, -0.2) is 4.79 Å². The Hall–Kier alpha value is -2.42. The number of aliphatic hydroxyl groups is 1. The number of aliphatic hydroxyl groups excluding tert-OH is 1. The first kappa shape index (κ1) is 15.6. The summed E-state index contributed by atoms with van der Waals surface area (Å²) in [6.45, 7) is 2.67. The topological polar surface area (TPSA) is 135 Å². The lowest BCUT2D eigenvalue weighted by Gasteiger charge is -2.14. The minimum absolute atomic E-state index is 0.0357. The molecule has 0 aliphatic carbocycles. The summed E-state index contributed by atoms with van der Waals surface area (Å²) in [4.78, 5) is 32.8. The summed E-state index contributed by atoms with van der Waals surface area (Å²) in [6, 6.07) is -0.620. The molecule has 1 aromatic heterocycles. The fourth-order valence-corrected chi connectivity index (χ4v) is 1.59. The molecule has 9 nitrogen and oxygen atoms in total. The van der Waals surface area contributed by atoms with E-state index in [1.165, 1.54) is 10.8 Å². The van der Waals surface area contributed by atoms with E-state index in [0.29, 0.717) is 0 Å². The van der Waals surface area contributed by atoms with Gasteiger partial charge in [-0.15, -0.1) is 0 Å². The number of nitrogens with zero attached hydrogens (tertiary/aromatic N) is 2. The first-order chi connectivity index (χ1) is 9.27. The summed E-state index contributed by atoms with van der Waals surface area (Å²) in [5.41, 5.74) is -0.300. The van der Waals surface area contributed by atoms with Gasteiger partial charge in [0.2, 0.25) is 0 Å². The van der Waals surface area contributed by atoms with Crippen LogP contribution in [0.4, 0.5) is 5.69 Å². The van der Waals surface area contributed by atoms with E-state index in [2.05, 4.69) is 5.32 Å². The molecule has 0 spiro atoms. The zero-order valence-electron chi connectivity index (χ0n) is 10.9. The van der Waals surface area contributed by atoms with Crippen molar-refractivity contribution >= 4 is 17.6 Å². The smallest absolute Gasteiger partial charge is 0.328 e. The van der Waals surface area contributed by atoms with Crippen molar-refractivity contribution in [1.29, 1.82) is 0 Å². The standard InChI is InChI=1S/C11H15N3O6/c1-6(2)13-4-7(14(19)20)3-9(13)10(16)12-8(5-15)11(17)18/h3-4,6,8,15H,5H2,1-2H3,(H,12,16)(H,17,18)/t8-/m0/s1. The Morgan fingerprint density at radius 3 is 2.50 bits per heavy atom. The average Bonchev–Trinajstić information content (AvgIpc) is 2.80. The van der Waals surface area contributed by atoms with Gasteiger partial charge in [-0.3, -0.25) is 14.9 Å². The molecule has 0 aliphatic heterocycles. The molecular weight excluding hydrogens is 270 g/mol. The fraction of sp³-hybridized carbons (Fsp3) is 0.455. The largest absolute Gasteiger partial charge is 0.480 e. The SMILES string of the molecule is CC(C)n1cc([N+](=O)[O-])cc1C(=O)N[C@@H](CO)C(=O)O. The predicted molar refractivity (Wildman–Crippen MR) is 67.4 cm³/mol. The van der Waals surface area contributed by atoms with E-state index in [-0.39, 0.29) is 17.4 Å². The molecule has 0 aliphatic rings. The second-order valence-corrected chi connectivity index (χ2v) is 4.39. The number of carbonyl (C=O) groups excluding carboxylic acids is 1. The van der Waals surface area contributed by atoms with Crippen LogP contribution in [0.1, 0.15) is 30.4 Å². The lowest BCUT2D eigenvalue weighted by molar-refractivity contribution is -0.384. The van der Waals surface area contributed by atoms with E-state index >= 15 is 0 Å². The van der Waals surface area contributed by atoms with Crippen molar-refractivity contribution < 1.29 is 24.7 Å². The van der Waals surface area contributed by atoms with Crippen LogP contribution in [0.25, 0.3) is 0 Å². The van der Waals surface area contributed by atoms with Crippen LogP contribution in [0.5, 0.6) is 0 Å². The first-order valence-electron chi connectivity index (χ1n) is 5.78. The molecule has 1 rings (SSSR count). The average molecular weight is 285 g/mol. The van der Waals surface area contributed by atoms with E-state index in [1.807, 2.05) is 0 Å². The molecule has 9 heteroatoms. The van der Waals surface area contributed by atoms with Gasteiger partial charge in [0.1, 0.15) is 5.69 Å². The van der Waals surface area contributed by atoms with Crippen LogP contribution < -0.4 is 5.32 Å². The molecule has 1 heterocycles. The Morgan fingerprint density at radius 1 is 1.50 bits per heavy atom. The van der Waals surface area contributed by atoms with Crippen molar-refractivity contribution in [2.75, 3.05) is 6.61 Å². The third-order valence-corrected chi connectivity index (χ3v) is 2.62. The van der Waals surface area contributed by atoms with E-state index < -0.39 is 29.4 Å². The molecule has 0 saturated heterocycles. The van der Waals surface area contributed by atoms with Gasteiger partial charge in [-0.05, 0) is 13.8 Å². The van der Waals surface area contributed by atoms with Gasteiger partial charge in [0.25, 0.3) is 11.6 Å². The summed E-state index contributed by atoms with van der Waals surface area (Å²) < 4.78 is 1.36. The first-order valence-corrected chi connectivity index (χ1v) is 5.78. The second-order valence-electron chi connectivity index (χ2n) is 4.39. The van der Waals surface area contributed by atoms with Gasteiger partial charge in [0.05, 0.1) is 17.7 Å². The lowest BCUT2D eigenvalue weighted by atomic mass is 10.2. The highest BCUT2D eigenvalue weighted by Gasteiger charge is 2.25. The van der Waals surface area contributed by atoms with Crippen molar-refractivity contribution in [2.45, 2.75) is 25.9 Å². The van der Waals surface area contributed by atoms with Crippen molar-refractivity contribution in [1.82, 2.24) is 9.88 Å². The van der Waals surface area contributed by atoms with Gasteiger partial charge in [-0.1, -0.05) is 0 Å². The zero-order valence-corrected chi connectivity index (χ0v) is 10.9. The van der Waals surface area contributed by atoms with Crippen LogP contribution in [0.2, 0.25) is 0 Å². The normalized spacial score (nSPS) is 12.2. The summed E-state index contributed by atoms with van der Waals surface area (Å²) >= 11 is 0. The summed E-state index contributed by atoms with van der Waals surface area (Å²) in [6.07, 6.45) is 1.20. The molecule has 1 amide bonds. The van der Waals surface area contributed by atoms with Crippen molar-refractivity contribution in [3.63, 3.8) is 0 Å². The Morgan fingerprint density at radius 2 is 2.10 bits per heavy atom. The predicted octanol–water partition coefficient (Wildman–Crippen LogP) is 0.152. The van der Waals surface area contributed by atoms with Crippen molar-refractivity contribution in [2.24, 2.45) is 0 Å². The number of amides is 1. The molecule has 1 aromatic rings. The number of nitro groups is 1. The van der Waals surface area contributed by atoms with Gasteiger partial charge in [0, 0.05) is 12.1 Å². The van der Waals surface area contributed by atoms with Gasteiger partial charge in [-0.2, -0.15) is 0 Å². The molecule has 3 N–H and O–H groups in total. The number of hydrogen-bond donors (Lipinski definition) is 3. The van der Waals surface area contributed by atoms with Crippen LogP contribution in [-0.4, -0.2) is 44.2 Å². The molecule has 110 valence electrons. The van der Waals surface area contributed by atoms with Crippen LogP contribution in [-0.2, 0) is 4.79 Å². The maximum absolute atomic E-state index is 12.0. The summed E-state index contributed by atoms with van der Waals surface area (Å²) in [5.74, 6) is -2.19. The van der Waals surface area contributed by atoms with E-state index in [4.69, 9.17) is 10.2 Å². The third kappa shape index (κ3) is 3.32. The van der Waals surface area contributed by atoms with Gasteiger partial charge < -0.3 is 20.1 Å². The Bertz CT molecular complexity index is 536. The lowest BCUT2D eigenvalue weighted by Crippen LogP contribution is -2.43. The molecular formula is C11H15N3O6. The molecule has 1 atom stereocenters. The molecule has 0 aromatic carbocycles. The number of carboxylic acid groups (broad SMARTS) is 1. The fourth-order valence-electron chi connectivity index (χ4n) is 1.59. The summed E-state index contributed by atoms with van der Waals surface area (Å²) in [5, 5.41) is 30.4. The second kappa shape index (κ2) is 6.15. The van der Waals surface area contributed by atoms with Crippen LogP contribution >= 0.6 is 0 Å². The molecule has 0 saturated carbocycles. The highest BCUT2D eigenvalue weighted by atomic mass is 16.6. The van der Waals surface area contributed by atoms with E-state index in [9.17, 15) is 19.7 Å². The maximum atomic E-state index is 12.0. The number of aromatic nitrogens is 1. The number of rotatable bonds is 6. The van der Waals surface area contributed by atoms with Crippen LogP contribution in [0, 0.1) is 10.1 Å². The number of hydrogen-bond acceptors (Lipinski definition) is 5. The molecule has 0 fully saturated rings. The molecule has 0 unspecified atom stereocenters. The Labute approximate surface area is 114 Å². The zero-order chi connectivity index (χ0) is 15.4. The molecule has 0 radical (unpaired) electrons. The van der Waals surface area contributed by atoms with Gasteiger partial charge in [0.15, 0.2) is 6.04 Å². The highest BCUT2D eigenvalue weighted by molar-refractivity contribution is 5.96. The monoisotopic (exact) mass is 285 g/mol.